The highest BCUT2D eigenvalue weighted by Gasteiger charge is 2.16. The minimum atomic E-state index is -0.131. The first-order valence-corrected chi connectivity index (χ1v) is 6.16. The summed E-state index contributed by atoms with van der Waals surface area (Å²) in [4.78, 5) is 2.21. The third-order valence-corrected chi connectivity index (χ3v) is 3.26. The molecule has 92 valence electrons. The lowest BCUT2D eigenvalue weighted by molar-refractivity contribution is 0.604. The highest BCUT2D eigenvalue weighted by molar-refractivity contribution is 5.71. The van der Waals surface area contributed by atoms with E-state index in [4.69, 9.17) is 0 Å². The molecule has 0 spiro atoms. The van der Waals surface area contributed by atoms with Crippen molar-refractivity contribution in [2.45, 2.75) is 6.54 Å². The zero-order chi connectivity index (χ0) is 12.4. The lowest BCUT2D eigenvalue weighted by Crippen LogP contribution is -2.33. The summed E-state index contributed by atoms with van der Waals surface area (Å²) in [6.07, 6.45) is 0. The summed E-state index contributed by atoms with van der Waals surface area (Å²) < 4.78 is 13.7. The topological polar surface area (TPSA) is 15.3 Å². The Morgan fingerprint density at radius 2 is 1.83 bits per heavy atom. The van der Waals surface area contributed by atoms with Crippen LogP contribution in [0.15, 0.2) is 48.5 Å². The molecular weight excluding hydrogens is 227 g/mol. The number of hydrogen-bond donors (Lipinski definition) is 1. The van der Waals surface area contributed by atoms with Gasteiger partial charge >= 0.3 is 0 Å². The summed E-state index contributed by atoms with van der Waals surface area (Å²) in [5, 5.41) is 3.36. The Morgan fingerprint density at radius 3 is 2.72 bits per heavy atom. The fourth-order valence-electron chi connectivity index (χ4n) is 2.34. The SMILES string of the molecule is Fc1ccccc1CN1CCNc2ccccc21. The predicted molar refractivity (Wildman–Crippen MR) is 72.4 cm³/mol. The van der Waals surface area contributed by atoms with Gasteiger partial charge < -0.3 is 10.2 Å². The van der Waals surface area contributed by atoms with E-state index in [2.05, 4.69) is 22.3 Å². The number of anilines is 2. The molecule has 1 heterocycles. The van der Waals surface area contributed by atoms with Gasteiger partial charge in [-0.3, -0.25) is 0 Å². The molecule has 0 saturated carbocycles. The maximum absolute atomic E-state index is 13.7. The zero-order valence-corrected chi connectivity index (χ0v) is 10.1. The molecule has 0 unspecified atom stereocenters. The molecule has 2 aromatic rings. The number of para-hydroxylation sites is 2. The van der Waals surface area contributed by atoms with Crippen molar-refractivity contribution < 1.29 is 4.39 Å². The monoisotopic (exact) mass is 242 g/mol. The van der Waals surface area contributed by atoms with Crippen LogP contribution in [0.1, 0.15) is 5.56 Å². The molecule has 1 N–H and O–H groups in total. The quantitative estimate of drug-likeness (QED) is 0.869. The van der Waals surface area contributed by atoms with Crippen molar-refractivity contribution in [1.29, 1.82) is 0 Å². The first-order chi connectivity index (χ1) is 8.84. The van der Waals surface area contributed by atoms with E-state index in [0.29, 0.717) is 6.54 Å². The summed E-state index contributed by atoms with van der Waals surface area (Å²) in [5.41, 5.74) is 3.02. The van der Waals surface area contributed by atoms with Gasteiger partial charge in [0.2, 0.25) is 0 Å². The van der Waals surface area contributed by atoms with E-state index in [0.717, 1.165) is 30.0 Å². The molecule has 2 aromatic carbocycles. The van der Waals surface area contributed by atoms with Crippen LogP contribution in [-0.2, 0) is 6.54 Å². The Bertz CT molecular complexity index is 554. The first-order valence-electron chi connectivity index (χ1n) is 6.16. The van der Waals surface area contributed by atoms with E-state index in [-0.39, 0.29) is 5.82 Å². The van der Waals surface area contributed by atoms with Crippen LogP contribution < -0.4 is 10.2 Å². The standard InChI is InChI=1S/C15H15FN2/c16-13-6-2-1-5-12(13)11-18-10-9-17-14-7-3-4-8-15(14)18/h1-8,17H,9-11H2. The molecule has 0 fully saturated rings. The van der Waals surface area contributed by atoms with Crippen molar-refractivity contribution in [2.75, 3.05) is 23.3 Å². The van der Waals surface area contributed by atoms with Gasteiger partial charge in [0.15, 0.2) is 0 Å². The highest BCUT2D eigenvalue weighted by atomic mass is 19.1. The fraction of sp³-hybridized carbons (Fsp3) is 0.200. The van der Waals surface area contributed by atoms with E-state index < -0.39 is 0 Å². The average molecular weight is 242 g/mol. The minimum Gasteiger partial charge on any atom is -0.382 e. The Kier molecular flexibility index (Phi) is 2.89. The Morgan fingerprint density at radius 1 is 1.06 bits per heavy atom. The first kappa shape index (κ1) is 11.1. The van der Waals surface area contributed by atoms with Gasteiger partial charge in [0.05, 0.1) is 11.4 Å². The van der Waals surface area contributed by atoms with Gasteiger partial charge in [-0.25, -0.2) is 4.39 Å². The molecule has 1 aliphatic heterocycles. The smallest absolute Gasteiger partial charge is 0.128 e. The molecule has 3 heteroatoms. The molecule has 0 atom stereocenters. The summed E-state index contributed by atoms with van der Waals surface area (Å²) in [6.45, 7) is 2.40. The molecule has 2 nitrogen and oxygen atoms in total. The molecule has 0 radical (unpaired) electrons. The van der Waals surface area contributed by atoms with Gasteiger partial charge in [-0.05, 0) is 18.2 Å². The largest absolute Gasteiger partial charge is 0.382 e. The van der Waals surface area contributed by atoms with Crippen LogP contribution in [0.25, 0.3) is 0 Å². The van der Waals surface area contributed by atoms with E-state index in [9.17, 15) is 4.39 Å². The molecule has 0 aromatic heterocycles. The van der Waals surface area contributed by atoms with E-state index in [1.807, 2.05) is 24.3 Å². The summed E-state index contributed by atoms with van der Waals surface area (Å²) in [5.74, 6) is -0.131. The molecule has 3 rings (SSSR count). The average Bonchev–Trinajstić information content (AvgIpc) is 2.42. The molecule has 0 amide bonds. The van der Waals surface area contributed by atoms with Gasteiger partial charge in [-0.2, -0.15) is 0 Å². The van der Waals surface area contributed by atoms with E-state index in [1.54, 1.807) is 6.07 Å². The third kappa shape index (κ3) is 2.04. The number of hydrogen-bond acceptors (Lipinski definition) is 2. The van der Waals surface area contributed by atoms with Crippen molar-refractivity contribution >= 4 is 11.4 Å². The Balaban J connectivity index is 1.89. The normalized spacial score (nSPS) is 13.9. The van der Waals surface area contributed by atoms with Crippen molar-refractivity contribution in [2.24, 2.45) is 0 Å². The van der Waals surface area contributed by atoms with Crippen LogP contribution in [0.2, 0.25) is 0 Å². The van der Waals surface area contributed by atoms with E-state index in [1.165, 1.54) is 6.07 Å². The van der Waals surface area contributed by atoms with Crippen LogP contribution >= 0.6 is 0 Å². The lowest BCUT2D eigenvalue weighted by atomic mass is 10.1. The summed E-state index contributed by atoms with van der Waals surface area (Å²) in [6, 6.07) is 15.1. The van der Waals surface area contributed by atoms with Crippen LogP contribution in [0.5, 0.6) is 0 Å². The lowest BCUT2D eigenvalue weighted by Gasteiger charge is -2.32. The number of benzene rings is 2. The van der Waals surface area contributed by atoms with Gasteiger partial charge in [0, 0.05) is 25.2 Å². The van der Waals surface area contributed by atoms with Crippen LogP contribution in [-0.4, -0.2) is 13.1 Å². The van der Waals surface area contributed by atoms with Crippen molar-refractivity contribution in [3.05, 3.63) is 59.9 Å². The van der Waals surface area contributed by atoms with Crippen molar-refractivity contribution in [1.82, 2.24) is 0 Å². The minimum absolute atomic E-state index is 0.131. The number of nitrogens with zero attached hydrogens (tertiary/aromatic N) is 1. The Labute approximate surface area is 106 Å². The third-order valence-electron chi connectivity index (χ3n) is 3.26. The van der Waals surface area contributed by atoms with Crippen molar-refractivity contribution in [3.63, 3.8) is 0 Å². The van der Waals surface area contributed by atoms with Crippen LogP contribution in [0.3, 0.4) is 0 Å². The summed E-state index contributed by atoms with van der Waals surface area (Å²) in [7, 11) is 0. The predicted octanol–water partition coefficient (Wildman–Crippen LogP) is 3.26. The van der Waals surface area contributed by atoms with Crippen molar-refractivity contribution in [3.8, 4) is 0 Å². The maximum atomic E-state index is 13.7. The number of rotatable bonds is 2. The van der Waals surface area contributed by atoms with Crippen LogP contribution in [0.4, 0.5) is 15.8 Å². The number of nitrogens with one attached hydrogen (secondary N) is 1. The Hall–Kier alpha value is -2.03. The van der Waals surface area contributed by atoms with Gasteiger partial charge in [-0.15, -0.1) is 0 Å². The fourth-order valence-corrected chi connectivity index (χ4v) is 2.34. The second kappa shape index (κ2) is 4.69. The molecule has 18 heavy (non-hydrogen) atoms. The van der Waals surface area contributed by atoms with Crippen LogP contribution in [0, 0.1) is 5.82 Å². The highest BCUT2D eigenvalue weighted by Crippen LogP contribution is 2.29. The number of fused-ring (bicyclic) bond motifs is 1. The zero-order valence-electron chi connectivity index (χ0n) is 10.1. The molecule has 1 aliphatic rings. The molecule has 0 saturated heterocycles. The van der Waals surface area contributed by atoms with Gasteiger partial charge in [-0.1, -0.05) is 30.3 Å². The van der Waals surface area contributed by atoms with Gasteiger partial charge in [0.1, 0.15) is 5.82 Å². The molecular formula is C15H15FN2. The maximum Gasteiger partial charge on any atom is 0.128 e. The second-order valence-electron chi connectivity index (χ2n) is 4.46. The van der Waals surface area contributed by atoms with E-state index >= 15 is 0 Å². The summed E-state index contributed by atoms with van der Waals surface area (Å²) >= 11 is 0. The number of halogens is 1. The second-order valence-corrected chi connectivity index (χ2v) is 4.46. The molecule has 0 bridgehead atoms. The molecule has 0 aliphatic carbocycles. The van der Waals surface area contributed by atoms with Gasteiger partial charge in [0.25, 0.3) is 0 Å².